The van der Waals surface area contributed by atoms with Crippen molar-refractivity contribution in [1.82, 2.24) is 15.0 Å². The van der Waals surface area contributed by atoms with E-state index in [2.05, 4.69) is 127 Å². The molecule has 4 heteroatoms. The van der Waals surface area contributed by atoms with Crippen LogP contribution in [0.2, 0.25) is 0 Å². The lowest BCUT2D eigenvalue weighted by molar-refractivity contribution is 0.669. The van der Waals surface area contributed by atoms with Crippen molar-refractivity contribution >= 4 is 21.9 Å². The average Bonchev–Trinajstić information content (AvgIpc) is 3.81. The molecule has 0 bridgehead atoms. The van der Waals surface area contributed by atoms with Crippen molar-refractivity contribution in [2.24, 2.45) is 0 Å². The Labute approximate surface area is 324 Å². The summed E-state index contributed by atoms with van der Waals surface area (Å²) in [5.74, 6) is 1.81. The maximum atomic E-state index is 6.53. The molecule has 0 saturated carbocycles. The second-order valence-corrected chi connectivity index (χ2v) is 14.3. The minimum atomic E-state index is -0.537. The fourth-order valence-corrected chi connectivity index (χ4v) is 8.82. The fraction of sp³-hybridized carbons (Fsp3) is 0.0192. The number of hydrogen-bond donors (Lipinski definition) is 0. The van der Waals surface area contributed by atoms with Gasteiger partial charge < -0.3 is 4.42 Å². The molecule has 4 nitrogen and oxygen atoms in total. The Morgan fingerprint density at radius 2 is 0.875 bits per heavy atom. The van der Waals surface area contributed by atoms with Crippen molar-refractivity contribution in [2.75, 3.05) is 0 Å². The number of benzene rings is 8. The molecule has 8 aromatic carbocycles. The van der Waals surface area contributed by atoms with Crippen LogP contribution >= 0.6 is 0 Å². The topological polar surface area (TPSA) is 51.8 Å². The molecule has 0 spiro atoms. The third-order valence-electron chi connectivity index (χ3n) is 11.2. The molecule has 2 aromatic heterocycles. The van der Waals surface area contributed by atoms with Gasteiger partial charge in [-0.25, -0.2) is 15.0 Å². The monoisotopic (exact) mass is 715 g/mol. The van der Waals surface area contributed by atoms with Gasteiger partial charge in [0.15, 0.2) is 17.5 Å². The highest BCUT2D eigenvalue weighted by Gasteiger charge is 2.46. The number of fused-ring (bicyclic) bond motifs is 6. The summed E-state index contributed by atoms with van der Waals surface area (Å²) in [7, 11) is 0. The van der Waals surface area contributed by atoms with Crippen molar-refractivity contribution < 1.29 is 4.42 Å². The first-order valence-electron chi connectivity index (χ1n) is 18.9. The lowest BCUT2D eigenvalue weighted by Gasteiger charge is -2.34. The average molecular weight is 716 g/mol. The van der Waals surface area contributed by atoms with Crippen LogP contribution in [-0.2, 0) is 5.41 Å². The van der Waals surface area contributed by atoms with Crippen molar-refractivity contribution in [3.8, 4) is 56.4 Å². The second kappa shape index (κ2) is 12.9. The SMILES string of the molecule is c1ccc(-c2nc(-c3ccccc3)nc(-c3c(-c4ccc5c(c4)C(c4ccccc4)(c4ccccc4)c4ccccc4-5)ccc4oc5ccccc5c34)n2)cc1. The summed E-state index contributed by atoms with van der Waals surface area (Å²) in [4.78, 5) is 15.6. The van der Waals surface area contributed by atoms with Crippen LogP contribution in [0, 0.1) is 0 Å². The van der Waals surface area contributed by atoms with E-state index in [1.807, 2.05) is 72.8 Å². The summed E-state index contributed by atoms with van der Waals surface area (Å²) in [6, 6.07) is 70.5. The van der Waals surface area contributed by atoms with Gasteiger partial charge in [0.2, 0.25) is 0 Å². The van der Waals surface area contributed by atoms with Gasteiger partial charge in [0.25, 0.3) is 0 Å². The van der Waals surface area contributed by atoms with E-state index in [0.29, 0.717) is 17.5 Å². The molecule has 11 rings (SSSR count). The van der Waals surface area contributed by atoms with Crippen molar-refractivity contribution in [3.63, 3.8) is 0 Å². The summed E-state index contributed by atoms with van der Waals surface area (Å²) in [6.45, 7) is 0. The van der Waals surface area contributed by atoms with Gasteiger partial charge in [0.1, 0.15) is 11.2 Å². The lowest BCUT2D eigenvalue weighted by atomic mass is 9.67. The first kappa shape index (κ1) is 32.0. The Morgan fingerprint density at radius 3 is 1.54 bits per heavy atom. The molecule has 0 fully saturated rings. The Balaban J connectivity index is 1.24. The molecule has 262 valence electrons. The molecule has 0 amide bonds. The van der Waals surface area contributed by atoms with Crippen LogP contribution in [-0.4, -0.2) is 15.0 Å². The minimum Gasteiger partial charge on any atom is -0.456 e. The van der Waals surface area contributed by atoms with E-state index in [1.165, 1.54) is 33.4 Å². The Kier molecular flexibility index (Phi) is 7.36. The van der Waals surface area contributed by atoms with Gasteiger partial charge in [-0.2, -0.15) is 0 Å². The van der Waals surface area contributed by atoms with E-state index in [1.54, 1.807) is 0 Å². The normalized spacial score (nSPS) is 12.8. The Morgan fingerprint density at radius 1 is 0.357 bits per heavy atom. The standard InChI is InChI=1S/C52H33N3O/c1-5-17-34(18-6-1)49-53-50(35-19-7-2-8-20-35)55-51(54-49)48-39(31-32-46-47(48)42-26-14-16-28-45(42)56-46)36-29-30-41-40-25-13-15-27-43(40)52(44(41)33-36,37-21-9-3-10-22-37)38-23-11-4-12-24-38/h1-33H. The summed E-state index contributed by atoms with van der Waals surface area (Å²) in [5.41, 5.74) is 13.3. The van der Waals surface area contributed by atoms with Crippen LogP contribution in [0.5, 0.6) is 0 Å². The lowest BCUT2D eigenvalue weighted by Crippen LogP contribution is -2.28. The largest absolute Gasteiger partial charge is 0.456 e. The number of para-hydroxylation sites is 1. The zero-order chi connectivity index (χ0) is 37.1. The van der Waals surface area contributed by atoms with Gasteiger partial charge in [0, 0.05) is 27.5 Å². The van der Waals surface area contributed by atoms with E-state index in [4.69, 9.17) is 19.4 Å². The summed E-state index contributed by atoms with van der Waals surface area (Å²) < 4.78 is 6.53. The summed E-state index contributed by atoms with van der Waals surface area (Å²) >= 11 is 0. The van der Waals surface area contributed by atoms with E-state index >= 15 is 0 Å². The number of rotatable bonds is 6. The highest BCUT2D eigenvalue weighted by atomic mass is 16.3. The van der Waals surface area contributed by atoms with Gasteiger partial charge in [-0.1, -0.05) is 176 Å². The van der Waals surface area contributed by atoms with E-state index in [9.17, 15) is 0 Å². The molecule has 0 N–H and O–H groups in total. The summed E-state index contributed by atoms with van der Waals surface area (Å²) in [5, 5.41) is 1.99. The zero-order valence-electron chi connectivity index (χ0n) is 30.3. The van der Waals surface area contributed by atoms with Gasteiger partial charge in [0.05, 0.1) is 5.41 Å². The van der Waals surface area contributed by atoms with E-state index in [-0.39, 0.29) is 0 Å². The molecule has 0 aliphatic heterocycles. The zero-order valence-corrected chi connectivity index (χ0v) is 30.3. The third-order valence-corrected chi connectivity index (χ3v) is 11.2. The highest BCUT2D eigenvalue weighted by Crippen LogP contribution is 2.57. The van der Waals surface area contributed by atoms with E-state index < -0.39 is 5.41 Å². The molecule has 0 saturated heterocycles. The van der Waals surface area contributed by atoms with Crippen molar-refractivity contribution in [3.05, 3.63) is 222 Å². The van der Waals surface area contributed by atoms with Crippen LogP contribution in [0.25, 0.3) is 78.4 Å². The summed E-state index contributed by atoms with van der Waals surface area (Å²) in [6.07, 6.45) is 0. The molecule has 2 heterocycles. The number of hydrogen-bond acceptors (Lipinski definition) is 4. The first-order valence-corrected chi connectivity index (χ1v) is 18.9. The van der Waals surface area contributed by atoms with Crippen LogP contribution < -0.4 is 0 Å². The quantitative estimate of drug-likeness (QED) is 0.172. The second-order valence-electron chi connectivity index (χ2n) is 14.3. The predicted octanol–water partition coefficient (Wildman–Crippen LogP) is 12.8. The molecule has 0 unspecified atom stereocenters. The third kappa shape index (κ3) is 4.89. The molecule has 10 aromatic rings. The number of furan rings is 1. The van der Waals surface area contributed by atoms with Crippen LogP contribution in [0.15, 0.2) is 205 Å². The molecule has 1 aliphatic rings. The number of aromatic nitrogens is 3. The van der Waals surface area contributed by atoms with Gasteiger partial charge in [-0.05, 0) is 68.8 Å². The molecular weight excluding hydrogens is 683 g/mol. The van der Waals surface area contributed by atoms with Gasteiger partial charge in [-0.15, -0.1) is 0 Å². The predicted molar refractivity (Wildman–Crippen MR) is 226 cm³/mol. The molecular formula is C52H33N3O. The minimum absolute atomic E-state index is 0.537. The maximum absolute atomic E-state index is 6.53. The fourth-order valence-electron chi connectivity index (χ4n) is 8.82. The van der Waals surface area contributed by atoms with Crippen LogP contribution in [0.3, 0.4) is 0 Å². The van der Waals surface area contributed by atoms with Crippen molar-refractivity contribution in [1.29, 1.82) is 0 Å². The smallest absolute Gasteiger partial charge is 0.165 e. The first-order chi connectivity index (χ1) is 27.8. The van der Waals surface area contributed by atoms with Gasteiger partial charge >= 0.3 is 0 Å². The molecule has 0 atom stereocenters. The number of nitrogens with zero attached hydrogens (tertiary/aromatic N) is 3. The Bertz CT molecular complexity index is 2970. The molecule has 0 radical (unpaired) electrons. The maximum Gasteiger partial charge on any atom is 0.165 e. The highest BCUT2D eigenvalue weighted by molar-refractivity contribution is 6.15. The Hall–Kier alpha value is -7.43. The van der Waals surface area contributed by atoms with Crippen LogP contribution in [0.1, 0.15) is 22.3 Å². The van der Waals surface area contributed by atoms with Crippen molar-refractivity contribution in [2.45, 2.75) is 5.41 Å². The molecule has 1 aliphatic carbocycles. The van der Waals surface area contributed by atoms with Gasteiger partial charge in [-0.3, -0.25) is 0 Å². The van der Waals surface area contributed by atoms with E-state index in [0.717, 1.165) is 49.8 Å². The van der Waals surface area contributed by atoms with Crippen LogP contribution in [0.4, 0.5) is 0 Å². The molecule has 56 heavy (non-hydrogen) atoms.